The zero-order valence-corrected chi connectivity index (χ0v) is 11.1. The van der Waals surface area contributed by atoms with Gasteiger partial charge < -0.3 is 15.4 Å². The molecule has 0 saturated carbocycles. The number of benzene rings is 1. The lowest BCUT2D eigenvalue weighted by molar-refractivity contribution is -0.138. The number of aliphatic carboxylic acids is 1. The third-order valence-corrected chi connectivity index (χ3v) is 3.09. The Morgan fingerprint density at radius 3 is 2.63 bits per heavy atom. The Bertz CT molecular complexity index is 658. The maximum absolute atomic E-state index is 12.1. The summed E-state index contributed by atoms with van der Waals surface area (Å²) in [5.74, 6) is -1.43. The molecule has 0 saturated heterocycles. The molecule has 0 unspecified atom stereocenters. The number of rotatable bonds is 3. The highest BCUT2D eigenvalue weighted by Crippen LogP contribution is 2.23. The van der Waals surface area contributed by atoms with Gasteiger partial charge in [0.05, 0.1) is 5.56 Å². The number of nitrogens with one attached hydrogen (secondary N) is 2. The van der Waals surface area contributed by atoms with E-state index in [1.807, 2.05) is 25.1 Å². The highest BCUT2D eigenvalue weighted by Gasteiger charge is 2.20. The van der Waals surface area contributed by atoms with Crippen molar-refractivity contribution in [1.82, 2.24) is 10.3 Å². The molecule has 0 aliphatic heterocycles. The Labute approximate surface area is 110 Å². The molecule has 19 heavy (non-hydrogen) atoms. The van der Waals surface area contributed by atoms with Crippen LogP contribution in [0.15, 0.2) is 18.2 Å². The van der Waals surface area contributed by atoms with Crippen molar-refractivity contribution in [3.8, 4) is 0 Å². The lowest BCUT2D eigenvalue weighted by Gasteiger charge is -2.09. The van der Waals surface area contributed by atoms with Gasteiger partial charge in [-0.05, 0) is 32.4 Å². The molecule has 0 aliphatic carbocycles. The van der Waals surface area contributed by atoms with Crippen LogP contribution < -0.4 is 5.32 Å². The van der Waals surface area contributed by atoms with Crippen LogP contribution in [-0.4, -0.2) is 28.0 Å². The van der Waals surface area contributed by atoms with Crippen LogP contribution in [-0.2, 0) is 4.79 Å². The van der Waals surface area contributed by atoms with Gasteiger partial charge in [-0.2, -0.15) is 0 Å². The van der Waals surface area contributed by atoms with Crippen molar-refractivity contribution in [2.45, 2.75) is 26.8 Å². The van der Waals surface area contributed by atoms with E-state index >= 15 is 0 Å². The largest absolute Gasteiger partial charge is 0.480 e. The van der Waals surface area contributed by atoms with Crippen molar-refractivity contribution in [2.24, 2.45) is 0 Å². The molecule has 2 rings (SSSR count). The Hall–Kier alpha value is -2.30. The summed E-state index contributed by atoms with van der Waals surface area (Å²) < 4.78 is 0. The van der Waals surface area contributed by atoms with Gasteiger partial charge in [-0.25, -0.2) is 0 Å². The van der Waals surface area contributed by atoms with Crippen LogP contribution in [0.1, 0.15) is 28.5 Å². The SMILES string of the molecule is Cc1ccc2c(C(=O)N[C@@H](C)C(=O)O)c(C)[nH]c2c1. The second kappa shape index (κ2) is 4.76. The quantitative estimate of drug-likeness (QED) is 0.789. The van der Waals surface area contributed by atoms with Crippen LogP contribution in [0.25, 0.3) is 10.9 Å². The van der Waals surface area contributed by atoms with Gasteiger partial charge in [0.2, 0.25) is 0 Å². The van der Waals surface area contributed by atoms with Gasteiger partial charge in [-0.3, -0.25) is 9.59 Å². The van der Waals surface area contributed by atoms with Crippen molar-refractivity contribution < 1.29 is 14.7 Å². The molecule has 0 aliphatic rings. The van der Waals surface area contributed by atoms with E-state index in [4.69, 9.17) is 5.11 Å². The predicted molar refractivity (Wildman–Crippen MR) is 72.3 cm³/mol. The summed E-state index contributed by atoms with van der Waals surface area (Å²) in [5, 5.41) is 12.1. The number of aromatic nitrogens is 1. The third kappa shape index (κ3) is 2.45. The number of hydrogen-bond donors (Lipinski definition) is 3. The van der Waals surface area contributed by atoms with E-state index < -0.39 is 12.0 Å². The molecule has 100 valence electrons. The first-order chi connectivity index (χ1) is 8.90. The molecule has 2 aromatic rings. The fourth-order valence-corrected chi connectivity index (χ4v) is 2.07. The molecule has 3 N–H and O–H groups in total. The average molecular weight is 260 g/mol. The molecule has 0 spiro atoms. The van der Waals surface area contributed by atoms with Gasteiger partial charge in [0.25, 0.3) is 5.91 Å². The number of hydrogen-bond acceptors (Lipinski definition) is 2. The fourth-order valence-electron chi connectivity index (χ4n) is 2.07. The zero-order chi connectivity index (χ0) is 14.2. The van der Waals surface area contributed by atoms with E-state index in [2.05, 4.69) is 10.3 Å². The first kappa shape index (κ1) is 13.1. The average Bonchev–Trinajstić information content (AvgIpc) is 2.63. The Morgan fingerprint density at radius 2 is 2.00 bits per heavy atom. The van der Waals surface area contributed by atoms with Gasteiger partial charge >= 0.3 is 5.97 Å². The van der Waals surface area contributed by atoms with Crippen molar-refractivity contribution in [3.63, 3.8) is 0 Å². The minimum Gasteiger partial charge on any atom is -0.480 e. The number of amides is 1. The topological polar surface area (TPSA) is 82.2 Å². The van der Waals surface area contributed by atoms with E-state index in [0.717, 1.165) is 22.2 Å². The normalized spacial score (nSPS) is 12.4. The van der Waals surface area contributed by atoms with Crippen molar-refractivity contribution in [2.75, 3.05) is 0 Å². The van der Waals surface area contributed by atoms with Crippen molar-refractivity contribution in [1.29, 1.82) is 0 Å². The van der Waals surface area contributed by atoms with Crippen LogP contribution in [0.2, 0.25) is 0 Å². The van der Waals surface area contributed by atoms with E-state index in [1.54, 1.807) is 6.92 Å². The monoisotopic (exact) mass is 260 g/mol. The molecule has 1 amide bonds. The number of aromatic amines is 1. The highest BCUT2D eigenvalue weighted by molar-refractivity contribution is 6.09. The lowest BCUT2D eigenvalue weighted by atomic mass is 10.1. The van der Waals surface area contributed by atoms with Gasteiger partial charge in [0.1, 0.15) is 6.04 Å². The second-order valence-electron chi connectivity index (χ2n) is 4.71. The molecule has 1 heterocycles. The zero-order valence-electron chi connectivity index (χ0n) is 11.1. The van der Waals surface area contributed by atoms with E-state index in [-0.39, 0.29) is 5.91 Å². The molecular weight excluding hydrogens is 244 g/mol. The van der Waals surface area contributed by atoms with Gasteiger partial charge in [-0.1, -0.05) is 12.1 Å². The van der Waals surface area contributed by atoms with Gasteiger partial charge in [0, 0.05) is 16.6 Å². The third-order valence-electron chi connectivity index (χ3n) is 3.09. The minimum absolute atomic E-state index is 0.373. The molecule has 0 fully saturated rings. The molecule has 5 heteroatoms. The number of carbonyl (C=O) groups is 2. The summed E-state index contributed by atoms with van der Waals surface area (Å²) in [5.41, 5.74) is 3.21. The molecule has 0 bridgehead atoms. The minimum atomic E-state index is -1.05. The summed E-state index contributed by atoms with van der Waals surface area (Å²) in [6, 6.07) is 4.84. The molecular formula is C14H16N2O3. The molecule has 0 radical (unpaired) electrons. The van der Waals surface area contributed by atoms with E-state index in [1.165, 1.54) is 6.92 Å². The lowest BCUT2D eigenvalue weighted by Crippen LogP contribution is -2.38. The van der Waals surface area contributed by atoms with Gasteiger partial charge in [0.15, 0.2) is 0 Å². The number of carbonyl (C=O) groups excluding carboxylic acids is 1. The number of H-pyrrole nitrogens is 1. The van der Waals surface area contributed by atoms with Crippen LogP contribution >= 0.6 is 0 Å². The Balaban J connectivity index is 2.42. The molecule has 1 aromatic carbocycles. The molecule has 5 nitrogen and oxygen atoms in total. The summed E-state index contributed by atoms with van der Waals surface area (Å²) in [6.07, 6.45) is 0. The maximum atomic E-state index is 12.1. The number of fused-ring (bicyclic) bond motifs is 1. The van der Waals surface area contributed by atoms with Crippen LogP contribution in [0.4, 0.5) is 0 Å². The molecule has 1 aromatic heterocycles. The van der Waals surface area contributed by atoms with Crippen LogP contribution in [0.3, 0.4) is 0 Å². The van der Waals surface area contributed by atoms with Crippen LogP contribution in [0.5, 0.6) is 0 Å². The standard InChI is InChI=1S/C14H16N2O3/c1-7-4-5-10-11(6-7)15-8(2)12(10)13(17)16-9(3)14(18)19/h4-6,9,15H,1-3H3,(H,16,17)(H,18,19)/t9-/m0/s1. The van der Waals surface area contributed by atoms with Gasteiger partial charge in [-0.15, -0.1) is 0 Å². The maximum Gasteiger partial charge on any atom is 0.325 e. The smallest absolute Gasteiger partial charge is 0.325 e. The summed E-state index contributed by atoms with van der Waals surface area (Å²) in [7, 11) is 0. The van der Waals surface area contributed by atoms with E-state index in [0.29, 0.717) is 5.56 Å². The predicted octanol–water partition coefficient (Wildman–Crippen LogP) is 1.99. The summed E-state index contributed by atoms with van der Waals surface area (Å²) in [4.78, 5) is 26.1. The fraction of sp³-hybridized carbons (Fsp3) is 0.286. The number of carboxylic acid groups (broad SMARTS) is 1. The Morgan fingerprint density at radius 1 is 1.32 bits per heavy atom. The van der Waals surface area contributed by atoms with Crippen molar-refractivity contribution >= 4 is 22.8 Å². The van der Waals surface area contributed by atoms with Crippen LogP contribution in [0, 0.1) is 13.8 Å². The highest BCUT2D eigenvalue weighted by atomic mass is 16.4. The van der Waals surface area contributed by atoms with E-state index in [9.17, 15) is 9.59 Å². The second-order valence-corrected chi connectivity index (χ2v) is 4.71. The summed E-state index contributed by atoms with van der Waals surface area (Å²) in [6.45, 7) is 5.21. The first-order valence-electron chi connectivity index (χ1n) is 6.02. The number of aryl methyl sites for hydroxylation is 2. The first-order valence-corrected chi connectivity index (χ1v) is 6.02. The number of carboxylic acids is 1. The summed E-state index contributed by atoms with van der Waals surface area (Å²) >= 11 is 0. The van der Waals surface area contributed by atoms with Crippen molar-refractivity contribution in [3.05, 3.63) is 35.0 Å². The Kier molecular flexibility index (Phi) is 3.29. The molecule has 1 atom stereocenters.